The minimum Gasteiger partial charge on any atom is -0.484 e. The van der Waals surface area contributed by atoms with Gasteiger partial charge in [0.15, 0.2) is 12.6 Å². The van der Waals surface area contributed by atoms with Gasteiger partial charge >= 0.3 is 0 Å². The largest absolute Gasteiger partial charge is 0.484 e. The summed E-state index contributed by atoms with van der Waals surface area (Å²) in [6, 6.07) is 7.53. The standard InChI is InChI=1S/C16H26N4O3/c1-12(10-22-4)19-16(17)18-9-13-6-5-7-14(8-13)23-11-15(21)20(2)3/h5-8,12H,9-11H2,1-4H3,(H3,17,18,19). The van der Waals surface area contributed by atoms with Crippen LogP contribution in [0, 0.1) is 0 Å². The molecule has 0 aliphatic carbocycles. The van der Waals surface area contributed by atoms with E-state index in [1.807, 2.05) is 25.1 Å². The number of carbonyl (C=O) groups excluding carboxylic acids is 1. The van der Waals surface area contributed by atoms with Crippen LogP contribution in [0.25, 0.3) is 0 Å². The maximum Gasteiger partial charge on any atom is 0.259 e. The molecule has 128 valence electrons. The van der Waals surface area contributed by atoms with Gasteiger partial charge in [-0.25, -0.2) is 4.99 Å². The Hall–Kier alpha value is -2.28. The summed E-state index contributed by atoms with van der Waals surface area (Å²) in [6.45, 7) is 2.96. The van der Waals surface area contributed by atoms with E-state index in [4.69, 9.17) is 15.2 Å². The lowest BCUT2D eigenvalue weighted by atomic mass is 10.2. The Kier molecular flexibility index (Phi) is 7.90. The molecule has 7 heteroatoms. The third-order valence-corrected chi connectivity index (χ3v) is 3.00. The maximum atomic E-state index is 11.5. The molecule has 7 nitrogen and oxygen atoms in total. The van der Waals surface area contributed by atoms with Crippen LogP contribution >= 0.6 is 0 Å². The summed E-state index contributed by atoms with van der Waals surface area (Å²) in [7, 11) is 5.02. The molecule has 0 aliphatic rings. The molecule has 1 atom stereocenters. The molecule has 0 heterocycles. The Bertz CT molecular complexity index is 532. The first kappa shape index (κ1) is 18.8. The van der Waals surface area contributed by atoms with Gasteiger partial charge in [0.2, 0.25) is 0 Å². The fraction of sp³-hybridized carbons (Fsp3) is 0.500. The van der Waals surface area contributed by atoms with Crippen LogP contribution in [0.5, 0.6) is 5.75 Å². The van der Waals surface area contributed by atoms with Crippen molar-refractivity contribution in [3.8, 4) is 5.75 Å². The summed E-state index contributed by atoms with van der Waals surface area (Å²) in [5.41, 5.74) is 6.77. The SMILES string of the molecule is COCC(C)NC(N)=NCc1cccc(OCC(=O)N(C)C)c1. The van der Waals surface area contributed by atoms with E-state index in [1.54, 1.807) is 27.3 Å². The van der Waals surface area contributed by atoms with E-state index >= 15 is 0 Å². The number of nitrogens with one attached hydrogen (secondary N) is 1. The maximum absolute atomic E-state index is 11.5. The highest BCUT2D eigenvalue weighted by Gasteiger charge is 2.05. The number of likely N-dealkylation sites (N-methyl/N-ethyl adjacent to an activating group) is 1. The number of methoxy groups -OCH3 is 1. The van der Waals surface area contributed by atoms with Crippen molar-refractivity contribution in [2.75, 3.05) is 34.4 Å². The number of hydrogen-bond donors (Lipinski definition) is 2. The molecular weight excluding hydrogens is 296 g/mol. The molecule has 0 aromatic heterocycles. The molecule has 0 radical (unpaired) electrons. The second-order valence-electron chi connectivity index (χ2n) is 5.43. The third-order valence-electron chi connectivity index (χ3n) is 3.00. The lowest BCUT2D eigenvalue weighted by Gasteiger charge is -2.13. The first-order valence-corrected chi connectivity index (χ1v) is 7.39. The highest BCUT2D eigenvalue weighted by Crippen LogP contribution is 2.14. The predicted molar refractivity (Wildman–Crippen MR) is 90.4 cm³/mol. The molecule has 3 N–H and O–H groups in total. The quantitative estimate of drug-likeness (QED) is 0.540. The lowest BCUT2D eigenvalue weighted by Crippen LogP contribution is -2.40. The van der Waals surface area contributed by atoms with Crippen LogP contribution in [0.2, 0.25) is 0 Å². The second-order valence-corrected chi connectivity index (χ2v) is 5.43. The Balaban J connectivity index is 2.54. The van der Waals surface area contributed by atoms with Crippen molar-refractivity contribution in [3.05, 3.63) is 29.8 Å². The molecule has 0 saturated heterocycles. The molecule has 1 aromatic carbocycles. The predicted octanol–water partition coefficient (Wildman–Crippen LogP) is 0.593. The topological polar surface area (TPSA) is 89.2 Å². The van der Waals surface area contributed by atoms with Crippen molar-refractivity contribution in [2.24, 2.45) is 10.7 Å². The van der Waals surface area contributed by atoms with Crippen molar-refractivity contribution in [3.63, 3.8) is 0 Å². The number of hydrogen-bond acceptors (Lipinski definition) is 4. The fourth-order valence-electron chi connectivity index (χ4n) is 1.77. The number of aliphatic imine (C=N–C) groups is 1. The highest BCUT2D eigenvalue weighted by atomic mass is 16.5. The smallest absolute Gasteiger partial charge is 0.259 e. The zero-order valence-corrected chi connectivity index (χ0v) is 14.2. The summed E-state index contributed by atoms with van der Waals surface area (Å²) in [5, 5.41) is 3.04. The van der Waals surface area contributed by atoms with Gasteiger partial charge in [-0.2, -0.15) is 0 Å². The molecule has 0 fully saturated rings. The number of carbonyl (C=O) groups is 1. The van der Waals surface area contributed by atoms with Crippen LogP contribution < -0.4 is 15.8 Å². The van der Waals surface area contributed by atoms with Crippen molar-refractivity contribution in [2.45, 2.75) is 19.5 Å². The van der Waals surface area contributed by atoms with Crippen molar-refractivity contribution in [1.82, 2.24) is 10.2 Å². The van der Waals surface area contributed by atoms with Gasteiger partial charge in [-0.05, 0) is 24.6 Å². The van der Waals surface area contributed by atoms with E-state index in [9.17, 15) is 4.79 Å². The molecule has 0 spiro atoms. The van der Waals surface area contributed by atoms with Gasteiger partial charge in [0, 0.05) is 27.2 Å². The Morgan fingerprint density at radius 2 is 2.17 bits per heavy atom. The van der Waals surface area contributed by atoms with E-state index < -0.39 is 0 Å². The van der Waals surface area contributed by atoms with Gasteiger partial charge in [-0.15, -0.1) is 0 Å². The van der Waals surface area contributed by atoms with E-state index in [2.05, 4.69) is 10.3 Å². The van der Waals surface area contributed by atoms with Gasteiger partial charge in [0.25, 0.3) is 5.91 Å². The van der Waals surface area contributed by atoms with Gasteiger partial charge < -0.3 is 25.4 Å². The van der Waals surface area contributed by atoms with Gasteiger partial charge in [-0.1, -0.05) is 12.1 Å². The van der Waals surface area contributed by atoms with E-state index in [0.717, 1.165) is 5.56 Å². The average molecular weight is 322 g/mol. The van der Waals surface area contributed by atoms with Crippen molar-refractivity contribution >= 4 is 11.9 Å². The fourth-order valence-corrected chi connectivity index (χ4v) is 1.77. The summed E-state index contributed by atoms with van der Waals surface area (Å²) in [5.74, 6) is 0.907. The summed E-state index contributed by atoms with van der Waals surface area (Å²) < 4.78 is 10.5. The average Bonchev–Trinajstić information content (AvgIpc) is 2.51. The Morgan fingerprint density at radius 1 is 1.43 bits per heavy atom. The van der Waals surface area contributed by atoms with Gasteiger partial charge in [-0.3, -0.25) is 4.79 Å². The van der Waals surface area contributed by atoms with Crippen LogP contribution in [0.4, 0.5) is 0 Å². The monoisotopic (exact) mass is 322 g/mol. The normalized spacial score (nSPS) is 12.6. The number of amides is 1. The Labute approximate surface area is 137 Å². The molecule has 1 aromatic rings. The van der Waals surface area contributed by atoms with Crippen LogP contribution in [-0.2, 0) is 16.1 Å². The summed E-state index contributed by atoms with van der Waals surface area (Å²) >= 11 is 0. The van der Waals surface area contributed by atoms with Crippen LogP contribution in [-0.4, -0.2) is 57.2 Å². The lowest BCUT2D eigenvalue weighted by molar-refractivity contribution is -0.130. The summed E-state index contributed by atoms with van der Waals surface area (Å²) in [4.78, 5) is 17.3. The molecular formula is C16H26N4O3. The second kappa shape index (κ2) is 9.68. The van der Waals surface area contributed by atoms with Crippen molar-refractivity contribution in [1.29, 1.82) is 0 Å². The van der Waals surface area contributed by atoms with Crippen molar-refractivity contribution < 1.29 is 14.3 Å². The number of ether oxygens (including phenoxy) is 2. The van der Waals surface area contributed by atoms with Gasteiger partial charge in [0.05, 0.1) is 13.2 Å². The van der Waals surface area contributed by atoms with E-state index in [0.29, 0.717) is 24.9 Å². The van der Waals surface area contributed by atoms with Crippen LogP contribution in [0.1, 0.15) is 12.5 Å². The minimum atomic E-state index is -0.0889. The number of rotatable bonds is 8. The number of benzene rings is 1. The minimum absolute atomic E-state index is 0.0119. The molecule has 23 heavy (non-hydrogen) atoms. The molecule has 1 unspecified atom stereocenters. The number of nitrogens with two attached hydrogens (primary N) is 1. The molecule has 1 amide bonds. The molecule has 1 rings (SSSR count). The highest BCUT2D eigenvalue weighted by molar-refractivity contribution is 5.78. The zero-order chi connectivity index (χ0) is 17.2. The van der Waals surface area contributed by atoms with E-state index in [1.165, 1.54) is 4.90 Å². The molecule has 0 saturated carbocycles. The van der Waals surface area contributed by atoms with Crippen LogP contribution in [0.3, 0.4) is 0 Å². The molecule has 0 bridgehead atoms. The zero-order valence-electron chi connectivity index (χ0n) is 14.2. The van der Waals surface area contributed by atoms with E-state index in [-0.39, 0.29) is 18.6 Å². The first-order chi connectivity index (χ1) is 10.9. The number of guanidine groups is 1. The summed E-state index contributed by atoms with van der Waals surface area (Å²) in [6.07, 6.45) is 0. The third kappa shape index (κ3) is 7.51. The van der Waals surface area contributed by atoms with Gasteiger partial charge in [0.1, 0.15) is 5.75 Å². The number of nitrogens with zero attached hydrogens (tertiary/aromatic N) is 2. The van der Waals surface area contributed by atoms with Crippen LogP contribution in [0.15, 0.2) is 29.3 Å². The Morgan fingerprint density at radius 3 is 2.83 bits per heavy atom. The molecule has 0 aliphatic heterocycles. The first-order valence-electron chi connectivity index (χ1n) is 7.39.